The predicted molar refractivity (Wildman–Crippen MR) is 123 cm³/mol. The third-order valence-corrected chi connectivity index (χ3v) is 7.40. The standard InChI is InChI=1S/C23H31BrN4O3/c24-19-8-4-5-9-20(19)28-15-12-18(22(28)30)21(29)25-17-10-13-27(14-11-17)23(31)26-16-6-2-1-3-7-16/h4-5,8-9,16-18H,1-3,6-7,10-15H2,(H,25,29)(H,26,31). The number of nitrogens with one attached hydrogen (secondary N) is 2. The highest BCUT2D eigenvalue weighted by Crippen LogP contribution is 2.31. The highest BCUT2D eigenvalue weighted by atomic mass is 79.9. The summed E-state index contributed by atoms with van der Waals surface area (Å²) in [5.41, 5.74) is 0.806. The lowest BCUT2D eigenvalue weighted by atomic mass is 9.95. The largest absolute Gasteiger partial charge is 0.353 e. The molecule has 3 aliphatic rings. The van der Waals surface area contributed by atoms with E-state index in [1.165, 1.54) is 19.3 Å². The van der Waals surface area contributed by atoms with E-state index in [1.807, 2.05) is 29.2 Å². The van der Waals surface area contributed by atoms with Crippen molar-refractivity contribution in [3.05, 3.63) is 28.7 Å². The Hall–Kier alpha value is -2.09. The molecule has 1 unspecified atom stereocenters. The molecule has 0 spiro atoms. The molecular formula is C23H31BrN4O3. The van der Waals surface area contributed by atoms with Crippen molar-refractivity contribution in [2.75, 3.05) is 24.5 Å². The molecule has 1 aliphatic carbocycles. The Bertz CT molecular complexity index is 819. The van der Waals surface area contributed by atoms with Crippen LogP contribution < -0.4 is 15.5 Å². The van der Waals surface area contributed by atoms with Crippen LogP contribution in [0.2, 0.25) is 0 Å². The molecule has 2 N–H and O–H groups in total. The maximum Gasteiger partial charge on any atom is 0.317 e. The van der Waals surface area contributed by atoms with E-state index in [1.54, 1.807) is 4.90 Å². The Labute approximate surface area is 192 Å². The number of nitrogens with zero attached hydrogens (tertiary/aromatic N) is 2. The Morgan fingerprint density at radius 2 is 1.55 bits per heavy atom. The monoisotopic (exact) mass is 490 g/mol. The van der Waals surface area contributed by atoms with Crippen LogP contribution in [-0.2, 0) is 9.59 Å². The predicted octanol–water partition coefficient (Wildman–Crippen LogP) is 3.42. The van der Waals surface area contributed by atoms with E-state index >= 15 is 0 Å². The fraction of sp³-hybridized carbons (Fsp3) is 0.609. The van der Waals surface area contributed by atoms with Crippen LogP contribution in [0, 0.1) is 5.92 Å². The molecule has 4 amide bonds. The molecule has 0 radical (unpaired) electrons. The Morgan fingerprint density at radius 3 is 2.26 bits per heavy atom. The number of hydrogen-bond donors (Lipinski definition) is 2. The summed E-state index contributed by atoms with van der Waals surface area (Å²) in [5.74, 6) is -0.974. The molecule has 2 saturated heterocycles. The summed E-state index contributed by atoms with van der Waals surface area (Å²) in [6.45, 7) is 1.80. The number of halogens is 1. The maximum atomic E-state index is 12.9. The number of anilines is 1. The summed E-state index contributed by atoms with van der Waals surface area (Å²) >= 11 is 3.49. The molecule has 168 valence electrons. The number of urea groups is 1. The van der Waals surface area contributed by atoms with Crippen LogP contribution in [0.3, 0.4) is 0 Å². The van der Waals surface area contributed by atoms with Gasteiger partial charge in [0.15, 0.2) is 0 Å². The fourth-order valence-corrected chi connectivity index (χ4v) is 5.37. The van der Waals surface area contributed by atoms with Crippen molar-refractivity contribution in [1.29, 1.82) is 0 Å². The maximum absolute atomic E-state index is 12.9. The molecule has 2 heterocycles. The van der Waals surface area contributed by atoms with Gasteiger partial charge in [0.25, 0.3) is 0 Å². The third kappa shape index (κ3) is 5.22. The van der Waals surface area contributed by atoms with E-state index in [2.05, 4.69) is 26.6 Å². The van der Waals surface area contributed by atoms with Crippen LogP contribution in [0.15, 0.2) is 28.7 Å². The van der Waals surface area contributed by atoms with Gasteiger partial charge in [-0.3, -0.25) is 9.59 Å². The summed E-state index contributed by atoms with van der Waals surface area (Å²) < 4.78 is 0.850. The van der Waals surface area contributed by atoms with Crippen molar-refractivity contribution < 1.29 is 14.4 Å². The summed E-state index contributed by atoms with van der Waals surface area (Å²) in [6, 6.07) is 7.91. The first-order chi connectivity index (χ1) is 15.0. The molecule has 1 aromatic rings. The number of para-hydroxylation sites is 1. The van der Waals surface area contributed by atoms with Gasteiger partial charge in [0.2, 0.25) is 11.8 Å². The molecule has 7 nitrogen and oxygen atoms in total. The van der Waals surface area contributed by atoms with Crippen molar-refractivity contribution in [3.8, 4) is 0 Å². The lowest BCUT2D eigenvalue weighted by Gasteiger charge is -2.34. The van der Waals surface area contributed by atoms with Gasteiger partial charge in [-0.05, 0) is 60.2 Å². The second-order valence-electron chi connectivity index (χ2n) is 8.84. The number of benzene rings is 1. The molecule has 3 fully saturated rings. The van der Waals surface area contributed by atoms with E-state index in [-0.39, 0.29) is 23.9 Å². The van der Waals surface area contributed by atoms with E-state index in [4.69, 9.17) is 0 Å². The van der Waals surface area contributed by atoms with Crippen molar-refractivity contribution in [2.45, 2.75) is 63.5 Å². The van der Waals surface area contributed by atoms with Crippen molar-refractivity contribution >= 4 is 39.5 Å². The van der Waals surface area contributed by atoms with Gasteiger partial charge in [0.05, 0.1) is 5.69 Å². The number of carbonyl (C=O) groups excluding carboxylic acids is 3. The minimum atomic E-state index is -0.639. The van der Waals surface area contributed by atoms with Gasteiger partial charge in [-0.25, -0.2) is 4.79 Å². The van der Waals surface area contributed by atoms with Gasteiger partial charge in [-0.1, -0.05) is 31.4 Å². The van der Waals surface area contributed by atoms with Crippen molar-refractivity contribution in [1.82, 2.24) is 15.5 Å². The number of amides is 4. The number of hydrogen-bond acceptors (Lipinski definition) is 3. The molecule has 8 heteroatoms. The number of carbonyl (C=O) groups is 3. The Kier molecular flexibility index (Phi) is 7.15. The molecular weight excluding hydrogens is 460 g/mol. The highest BCUT2D eigenvalue weighted by molar-refractivity contribution is 9.10. The second kappa shape index (κ2) is 10.0. The summed E-state index contributed by atoms with van der Waals surface area (Å²) in [5, 5.41) is 6.23. The normalized spacial score (nSPS) is 23.1. The highest BCUT2D eigenvalue weighted by Gasteiger charge is 2.39. The van der Waals surface area contributed by atoms with E-state index in [9.17, 15) is 14.4 Å². The number of piperidine rings is 1. The van der Waals surface area contributed by atoms with Gasteiger partial charge in [0, 0.05) is 36.2 Å². The van der Waals surface area contributed by atoms with Crippen molar-refractivity contribution in [3.63, 3.8) is 0 Å². The quantitative estimate of drug-likeness (QED) is 0.634. The summed E-state index contributed by atoms with van der Waals surface area (Å²) in [4.78, 5) is 41.7. The minimum Gasteiger partial charge on any atom is -0.353 e. The topological polar surface area (TPSA) is 81.8 Å². The zero-order valence-corrected chi connectivity index (χ0v) is 19.4. The van der Waals surface area contributed by atoms with Gasteiger partial charge in [-0.15, -0.1) is 0 Å². The van der Waals surface area contributed by atoms with Crippen LogP contribution >= 0.6 is 15.9 Å². The summed E-state index contributed by atoms with van der Waals surface area (Å²) in [6.07, 6.45) is 7.76. The van der Waals surface area contributed by atoms with Gasteiger partial charge in [-0.2, -0.15) is 0 Å². The fourth-order valence-electron chi connectivity index (χ4n) is 4.87. The SMILES string of the molecule is O=C(NC1CCN(C(=O)NC2CCCCC2)CC1)C1CCN(c2ccccc2Br)C1=O. The number of likely N-dealkylation sites (tertiary alicyclic amines) is 1. The molecule has 2 aliphatic heterocycles. The average molecular weight is 491 g/mol. The van der Waals surface area contributed by atoms with Gasteiger partial charge < -0.3 is 20.4 Å². The third-order valence-electron chi connectivity index (χ3n) is 6.73. The van der Waals surface area contributed by atoms with Crippen LogP contribution in [-0.4, -0.2) is 54.5 Å². The van der Waals surface area contributed by atoms with Gasteiger partial charge in [0.1, 0.15) is 5.92 Å². The zero-order valence-electron chi connectivity index (χ0n) is 17.8. The second-order valence-corrected chi connectivity index (χ2v) is 9.69. The first-order valence-corrected chi connectivity index (χ1v) is 12.2. The summed E-state index contributed by atoms with van der Waals surface area (Å²) in [7, 11) is 0. The Balaban J connectivity index is 1.24. The lowest BCUT2D eigenvalue weighted by Crippen LogP contribution is -2.52. The van der Waals surface area contributed by atoms with E-state index < -0.39 is 5.92 Å². The molecule has 4 rings (SSSR count). The first kappa shape index (κ1) is 22.1. The van der Waals surface area contributed by atoms with E-state index in [0.29, 0.717) is 32.1 Å². The van der Waals surface area contributed by atoms with Crippen LogP contribution in [0.25, 0.3) is 0 Å². The molecule has 0 aromatic heterocycles. The Morgan fingerprint density at radius 1 is 0.871 bits per heavy atom. The smallest absolute Gasteiger partial charge is 0.317 e. The lowest BCUT2D eigenvalue weighted by molar-refractivity contribution is -0.132. The molecule has 0 bridgehead atoms. The number of rotatable bonds is 4. The molecule has 1 atom stereocenters. The molecule has 1 aromatic carbocycles. The van der Waals surface area contributed by atoms with Crippen LogP contribution in [0.1, 0.15) is 51.4 Å². The zero-order chi connectivity index (χ0) is 21.8. The van der Waals surface area contributed by atoms with Gasteiger partial charge >= 0.3 is 6.03 Å². The van der Waals surface area contributed by atoms with Crippen LogP contribution in [0.5, 0.6) is 0 Å². The van der Waals surface area contributed by atoms with Crippen molar-refractivity contribution in [2.24, 2.45) is 5.92 Å². The minimum absolute atomic E-state index is 0.0107. The van der Waals surface area contributed by atoms with Crippen LogP contribution in [0.4, 0.5) is 10.5 Å². The van der Waals surface area contributed by atoms with E-state index in [0.717, 1.165) is 35.8 Å². The average Bonchev–Trinajstić information content (AvgIpc) is 3.16. The first-order valence-electron chi connectivity index (χ1n) is 11.4. The molecule has 1 saturated carbocycles. The molecule has 31 heavy (non-hydrogen) atoms.